The Morgan fingerprint density at radius 3 is 2.12 bits per heavy atom. The van der Waals surface area contributed by atoms with Gasteiger partial charge in [0.25, 0.3) is 0 Å². The first-order valence-corrected chi connectivity index (χ1v) is 9.53. The molecule has 5 unspecified atom stereocenters. The van der Waals surface area contributed by atoms with E-state index >= 15 is 0 Å². The largest absolute Gasteiger partial charge is 0.412 e. The van der Waals surface area contributed by atoms with Crippen LogP contribution in [-0.4, -0.2) is 17.8 Å². The van der Waals surface area contributed by atoms with Gasteiger partial charge in [0, 0.05) is 7.34 Å². The number of rotatable bonds is 2. The predicted molar refractivity (Wildman–Crippen MR) is 101 cm³/mol. The van der Waals surface area contributed by atoms with E-state index in [0.29, 0.717) is 11.8 Å². The number of hydrogen-bond donors (Lipinski definition) is 0. The van der Waals surface area contributed by atoms with Gasteiger partial charge in [-0.05, 0) is 68.6 Å². The lowest BCUT2D eigenvalue weighted by Crippen LogP contribution is -2.42. The highest BCUT2D eigenvalue weighted by Gasteiger charge is 2.44. The standard InChI is InChI=1S/C20H32F2.CH4.H2O.H2/c1-13-3-7-15(8-4-13)17-11-12-18(20(22)19(17)21)16-9-5-14(2)6-10-16;;;/h7,13-14,16-20H,3-6,8-12H2,1-2H3;1H4;1H2;1H. The number of hydrogen-bond acceptors (Lipinski definition) is 0. The molecule has 2 N–H and O–H groups in total. The molecule has 3 aliphatic carbocycles. The molecule has 5 atom stereocenters. The highest BCUT2D eigenvalue weighted by molar-refractivity contribution is 5.15. The van der Waals surface area contributed by atoms with Crippen LogP contribution < -0.4 is 0 Å². The number of halogens is 2. The molecule has 0 saturated heterocycles. The summed E-state index contributed by atoms with van der Waals surface area (Å²) < 4.78 is 29.6. The van der Waals surface area contributed by atoms with Crippen LogP contribution in [0.15, 0.2) is 11.6 Å². The van der Waals surface area contributed by atoms with Crippen LogP contribution in [0.2, 0.25) is 0 Å². The molecule has 0 amide bonds. The lowest BCUT2D eigenvalue weighted by Gasteiger charge is -2.42. The second-order valence-corrected chi connectivity index (χ2v) is 8.42. The van der Waals surface area contributed by atoms with Crippen molar-refractivity contribution in [1.29, 1.82) is 0 Å². The fraction of sp³-hybridized carbons (Fsp3) is 0.905. The topological polar surface area (TPSA) is 31.5 Å². The summed E-state index contributed by atoms with van der Waals surface area (Å²) in [5, 5.41) is 0. The molecule has 0 heterocycles. The summed E-state index contributed by atoms with van der Waals surface area (Å²) in [5.74, 6) is 1.79. The fourth-order valence-electron chi connectivity index (χ4n) is 5.07. The van der Waals surface area contributed by atoms with Crippen molar-refractivity contribution in [1.82, 2.24) is 0 Å². The van der Waals surface area contributed by atoms with Gasteiger partial charge in [-0.2, -0.15) is 0 Å². The van der Waals surface area contributed by atoms with Crippen molar-refractivity contribution in [2.24, 2.45) is 29.6 Å². The number of allylic oxidation sites excluding steroid dienone is 2. The van der Waals surface area contributed by atoms with E-state index in [1.807, 2.05) is 0 Å². The number of alkyl halides is 2. The van der Waals surface area contributed by atoms with E-state index in [9.17, 15) is 8.78 Å². The first kappa shape index (κ1) is 21.6. The average molecular weight is 347 g/mol. The van der Waals surface area contributed by atoms with Crippen molar-refractivity contribution >= 4 is 0 Å². The summed E-state index contributed by atoms with van der Waals surface area (Å²) in [6.45, 7) is 4.54. The molecule has 2 fully saturated rings. The second-order valence-electron chi connectivity index (χ2n) is 8.42. The summed E-state index contributed by atoms with van der Waals surface area (Å²) in [7, 11) is 0. The Labute approximate surface area is 149 Å². The second kappa shape index (κ2) is 9.31. The lowest BCUT2D eigenvalue weighted by atomic mass is 9.66. The Balaban J connectivity index is 0.00000192. The van der Waals surface area contributed by atoms with Gasteiger partial charge in [-0.3, -0.25) is 0 Å². The Morgan fingerprint density at radius 2 is 1.54 bits per heavy atom. The van der Waals surface area contributed by atoms with Crippen molar-refractivity contribution in [3.63, 3.8) is 0 Å². The van der Waals surface area contributed by atoms with Gasteiger partial charge in [0.2, 0.25) is 0 Å². The molecule has 1 nitrogen and oxygen atoms in total. The van der Waals surface area contributed by atoms with Crippen molar-refractivity contribution in [3.8, 4) is 0 Å². The van der Waals surface area contributed by atoms with Gasteiger partial charge in [0.05, 0.1) is 0 Å². The third-order valence-corrected chi connectivity index (χ3v) is 6.76. The summed E-state index contributed by atoms with van der Waals surface area (Å²) in [5.41, 5.74) is 1.23. The van der Waals surface area contributed by atoms with Crippen LogP contribution in [0.1, 0.15) is 80.5 Å². The van der Waals surface area contributed by atoms with E-state index in [2.05, 4.69) is 19.9 Å². The Hall–Kier alpha value is -0.440. The smallest absolute Gasteiger partial charge is 0.138 e. The maximum absolute atomic E-state index is 14.8. The molecule has 0 aromatic carbocycles. The van der Waals surface area contributed by atoms with Crippen LogP contribution in [0.25, 0.3) is 0 Å². The zero-order chi connectivity index (χ0) is 15.7. The van der Waals surface area contributed by atoms with Crippen molar-refractivity contribution in [3.05, 3.63) is 11.6 Å². The third kappa shape index (κ3) is 4.59. The van der Waals surface area contributed by atoms with Gasteiger partial charge >= 0.3 is 0 Å². The molecule has 0 aliphatic heterocycles. The van der Waals surface area contributed by atoms with E-state index < -0.39 is 12.3 Å². The zero-order valence-electron chi connectivity index (χ0n) is 14.7. The van der Waals surface area contributed by atoms with E-state index in [1.54, 1.807) is 0 Å². The minimum absolute atomic E-state index is 0. The van der Waals surface area contributed by atoms with Crippen LogP contribution in [-0.2, 0) is 0 Å². The first-order valence-electron chi connectivity index (χ1n) is 9.53. The molecule has 3 heteroatoms. The molecule has 0 aromatic rings. The average Bonchev–Trinajstić information content (AvgIpc) is 2.52. The first-order chi connectivity index (χ1) is 10.6. The molecule has 0 bridgehead atoms. The van der Waals surface area contributed by atoms with Gasteiger partial charge in [0.1, 0.15) is 12.3 Å². The van der Waals surface area contributed by atoms with Crippen LogP contribution in [0.4, 0.5) is 8.78 Å². The molecule has 2 saturated carbocycles. The molecular formula is C21H40F2O. The summed E-state index contributed by atoms with van der Waals surface area (Å²) >= 11 is 0. The van der Waals surface area contributed by atoms with Crippen LogP contribution in [0.5, 0.6) is 0 Å². The van der Waals surface area contributed by atoms with Gasteiger partial charge < -0.3 is 5.48 Å². The minimum atomic E-state index is -1.25. The molecular weight excluding hydrogens is 306 g/mol. The quantitative estimate of drug-likeness (QED) is 0.524. The Bertz CT molecular complexity index is 407. The summed E-state index contributed by atoms with van der Waals surface area (Å²) in [6, 6.07) is 0. The van der Waals surface area contributed by atoms with E-state index in [1.165, 1.54) is 18.4 Å². The van der Waals surface area contributed by atoms with E-state index in [0.717, 1.165) is 50.9 Å². The van der Waals surface area contributed by atoms with Crippen molar-refractivity contribution in [2.75, 3.05) is 0 Å². The molecule has 0 spiro atoms. The monoisotopic (exact) mass is 346 g/mol. The van der Waals surface area contributed by atoms with Crippen molar-refractivity contribution in [2.45, 2.75) is 91.4 Å². The van der Waals surface area contributed by atoms with Gasteiger partial charge in [-0.1, -0.05) is 45.8 Å². The Kier molecular flexibility index (Phi) is 8.38. The van der Waals surface area contributed by atoms with Gasteiger partial charge in [-0.25, -0.2) is 8.78 Å². The molecule has 24 heavy (non-hydrogen) atoms. The SMILES string of the molecule is C.CC1CC=C(C2CCC(C3CCC(C)CC3)C(F)C2F)CC1.O.[HH]. The highest BCUT2D eigenvalue weighted by Crippen LogP contribution is 2.46. The minimum Gasteiger partial charge on any atom is -0.412 e. The maximum atomic E-state index is 14.8. The van der Waals surface area contributed by atoms with Crippen LogP contribution in [0, 0.1) is 29.6 Å². The lowest BCUT2D eigenvalue weighted by molar-refractivity contribution is -0.00246. The zero-order valence-corrected chi connectivity index (χ0v) is 14.7. The van der Waals surface area contributed by atoms with Gasteiger partial charge in [0.15, 0.2) is 0 Å². The van der Waals surface area contributed by atoms with Crippen LogP contribution >= 0.6 is 0 Å². The Morgan fingerprint density at radius 1 is 0.875 bits per heavy atom. The van der Waals surface area contributed by atoms with E-state index in [4.69, 9.17) is 0 Å². The predicted octanol–water partition coefficient (Wildman–Crippen LogP) is 6.32. The third-order valence-electron chi connectivity index (χ3n) is 6.76. The highest BCUT2D eigenvalue weighted by atomic mass is 19.2. The van der Waals surface area contributed by atoms with Gasteiger partial charge in [-0.15, -0.1) is 0 Å². The van der Waals surface area contributed by atoms with Crippen molar-refractivity contribution < 1.29 is 15.7 Å². The molecule has 3 rings (SSSR count). The molecule has 3 aliphatic rings. The van der Waals surface area contributed by atoms with Crippen LogP contribution in [0.3, 0.4) is 0 Å². The summed E-state index contributed by atoms with van der Waals surface area (Å²) in [4.78, 5) is 0. The molecule has 0 radical (unpaired) electrons. The normalized spacial score (nSPS) is 43.2. The molecule has 144 valence electrons. The van der Waals surface area contributed by atoms with E-state index in [-0.39, 0.29) is 26.2 Å². The molecule has 0 aromatic heterocycles. The fourth-order valence-corrected chi connectivity index (χ4v) is 5.07. The summed E-state index contributed by atoms with van der Waals surface area (Å²) in [6.07, 6.45) is 9.36. The maximum Gasteiger partial charge on any atom is 0.138 e.